The molecule has 0 bridgehead atoms. The molecule has 0 amide bonds. The number of hydrogen-bond donors (Lipinski definition) is 0. The van der Waals surface area contributed by atoms with Crippen LogP contribution in [-0.4, -0.2) is 3.21 Å². The fourth-order valence-electron chi connectivity index (χ4n) is 8.84. The molecule has 0 fully saturated rings. The van der Waals surface area contributed by atoms with Gasteiger partial charge in [0.25, 0.3) is 0 Å². The molecule has 0 aromatic heterocycles. The van der Waals surface area contributed by atoms with Crippen molar-refractivity contribution in [3.63, 3.8) is 0 Å². The van der Waals surface area contributed by atoms with E-state index in [0.29, 0.717) is 3.63 Å². The largest absolute Gasteiger partial charge is 0.147 e. The summed E-state index contributed by atoms with van der Waals surface area (Å²) in [4.78, 5) is 0. The van der Waals surface area contributed by atoms with E-state index in [0.717, 1.165) is 6.42 Å². The average molecular weight is 853 g/mol. The molecular formula is C53H54Cl2Zr. The van der Waals surface area contributed by atoms with Crippen molar-refractivity contribution in [3.8, 4) is 11.1 Å². The average Bonchev–Trinajstić information content (AvgIpc) is 3.83. The Balaban J connectivity index is 0.00000266. The summed E-state index contributed by atoms with van der Waals surface area (Å²) >= 11 is -3.05. The van der Waals surface area contributed by atoms with Crippen molar-refractivity contribution in [1.82, 2.24) is 0 Å². The summed E-state index contributed by atoms with van der Waals surface area (Å²) < 4.78 is 3.75. The molecule has 0 radical (unpaired) electrons. The van der Waals surface area contributed by atoms with Gasteiger partial charge in [0.15, 0.2) is 0 Å². The van der Waals surface area contributed by atoms with E-state index in [-0.39, 0.29) is 47.5 Å². The molecule has 56 heavy (non-hydrogen) atoms. The molecule has 284 valence electrons. The van der Waals surface area contributed by atoms with Crippen LogP contribution < -0.4 is 0 Å². The number of rotatable bonds is 8. The van der Waals surface area contributed by atoms with Crippen molar-refractivity contribution in [2.24, 2.45) is 0 Å². The monoisotopic (exact) mass is 850 g/mol. The molecule has 2 aliphatic carbocycles. The Labute approximate surface area is 355 Å². The third-order valence-corrected chi connectivity index (χ3v) is 20.1. The summed E-state index contributed by atoms with van der Waals surface area (Å²) in [5, 5.41) is 0. The Morgan fingerprint density at radius 1 is 0.500 bits per heavy atom. The van der Waals surface area contributed by atoms with Crippen molar-refractivity contribution in [2.75, 3.05) is 0 Å². The summed E-state index contributed by atoms with van der Waals surface area (Å²) in [5.41, 5.74) is 14.4. The van der Waals surface area contributed by atoms with E-state index in [1.165, 1.54) is 55.6 Å². The minimum atomic E-state index is -3.05. The molecule has 8 rings (SSSR count). The molecule has 0 saturated carbocycles. The predicted octanol–water partition coefficient (Wildman–Crippen LogP) is 14.5. The second-order valence-electron chi connectivity index (χ2n) is 17.2. The van der Waals surface area contributed by atoms with Crippen molar-refractivity contribution in [2.45, 2.75) is 74.3 Å². The molecule has 0 N–H and O–H groups in total. The van der Waals surface area contributed by atoms with Crippen LogP contribution in [0.4, 0.5) is 0 Å². The first-order chi connectivity index (χ1) is 26.1. The third-order valence-electron chi connectivity index (χ3n) is 11.6. The fourth-order valence-corrected chi connectivity index (χ4v) is 18.9. The Hall–Kier alpha value is -3.87. The quantitative estimate of drug-likeness (QED) is 0.143. The van der Waals surface area contributed by atoms with E-state index in [9.17, 15) is 0 Å². The van der Waals surface area contributed by atoms with Gasteiger partial charge in [-0.05, 0) is 0 Å². The van der Waals surface area contributed by atoms with E-state index < -0.39 is 21.3 Å². The summed E-state index contributed by atoms with van der Waals surface area (Å²) in [6.45, 7) is 14.1. The second-order valence-corrected chi connectivity index (χ2v) is 23.7. The van der Waals surface area contributed by atoms with Crippen molar-refractivity contribution in [1.29, 1.82) is 0 Å². The molecule has 0 heterocycles. The van der Waals surface area contributed by atoms with E-state index in [1.54, 1.807) is 6.49 Å². The third kappa shape index (κ3) is 8.25. The van der Waals surface area contributed by atoms with Gasteiger partial charge >= 0.3 is 334 Å². The van der Waals surface area contributed by atoms with Crippen LogP contribution in [0, 0.1) is 0 Å². The summed E-state index contributed by atoms with van der Waals surface area (Å²) in [6, 6.07) is 60.8. The van der Waals surface area contributed by atoms with Gasteiger partial charge in [-0.25, -0.2) is 0 Å². The van der Waals surface area contributed by atoms with Crippen LogP contribution in [0.15, 0.2) is 179 Å². The maximum atomic E-state index is 2.56. The van der Waals surface area contributed by atoms with E-state index in [4.69, 9.17) is 0 Å². The zero-order valence-corrected chi connectivity index (χ0v) is 37.6. The number of hydrogen-bond acceptors (Lipinski definition) is 0. The van der Waals surface area contributed by atoms with Gasteiger partial charge in [0.05, 0.1) is 0 Å². The normalized spacial score (nSPS) is 13.5. The predicted molar refractivity (Wildman–Crippen MR) is 242 cm³/mol. The maximum Gasteiger partial charge on any atom is -0.147 e. The minimum Gasteiger partial charge on any atom is -0.147 e. The van der Waals surface area contributed by atoms with Crippen LogP contribution in [-0.2, 0) is 32.1 Å². The standard InChI is InChI=1S/C27H22.C21H25.C5H5.2ClH.Zr/c1-5-13-22(14-6-1)26(23-15-7-2-8-16-23)21-27(24-17-9-3-10-18-24)25-19-11-4-12-20-25;1-20(2,3)16-9-7-14-11-15-8-10-17(21(4,5)6)13-19(15)18(14)12-16;1-2-4-5-3-1;;;/h1-20,26-27H;7-13H,1-6H3;1-3H,4H2;2*1H;. The minimum absolute atomic E-state index is 0. The Morgan fingerprint density at radius 3 is 1.16 bits per heavy atom. The van der Waals surface area contributed by atoms with Gasteiger partial charge in [0.1, 0.15) is 0 Å². The van der Waals surface area contributed by atoms with Crippen LogP contribution in [0.5, 0.6) is 0 Å². The summed E-state index contributed by atoms with van der Waals surface area (Å²) in [5.74, 6) is 0.257. The Bertz CT molecular complexity index is 2130. The Morgan fingerprint density at radius 2 is 0.857 bits per heavy atom. The maximum absolute atomic E-state index is 3.05. The van der Waals surface area contributed by atoms with E-state index >= 15 is 0 Å². The van der Waals surface area contributed by atoms with Gasteiger partial charge in [-0.3, -0.25) is 0 Å². The zero-order chi connectivity index (χ0) is 37.5. The van der Waals surface area contributed by atoms with Gasteiger partial charge in [0.2, 0.25) is 0 Å². The first-order valence-electron chi connectivity index (χ1n) is 19.7. The van der Waals surface area contributed by atoms with Crippen molar-refractivity contribution >= 4 is 28.0 Å². The van der Waals surface area contributed by atoms with Crippen LogP contribution in [0.1, 0.15) is 108 Å². The van der Waals surface area contributed by atoms with E-state index in [1.807, 2.05) is 0 Å². The smallest absolute Gasteiger partial charge is 0.147 e. The topological polar surface area (TPSA) is 0 Å². The molecule has 0 nitrogen and oxygen atoms in total. The van der Waals surface area contributed by atoms with Gasteiger partial charge in [0, 0.05) is 0 Å². The number of allylic oxidation sites excluding steroid dienone is 4. The van der Waals surface area contributed by atoms with Gasteiger partial charge < -0.3 is 0 Å². The molecule has 0 saturated heterocycles. The molecular weight excluding hydrogens is 799 g/mol. The van der Waals surface area contributed by atoms with Crippen LogP contribution in [0.25, 0.3) is 11.1 Å². The van der Waals surface area contributed by atoms with Crippen molar-refractivity contribution in [3.05, 3.63) is 224 Å². The molecule has 3 heteroatoms. The van der Waals surface area contributed by atoms with Crippen LogP contribution >= 0.6 is 24.8 Å². The zero-order valence-electron chi connectivity index (χ0n) is 33.5. The number of halogens is 2. The molecule has 0 unspecified atom stereocenters. The Kier molecular flexibility index (Phi) is 12.9. The molecule has 0 aliphatic heterocycles. The molecule has 6 aromatic rings. The van der Waals surface area contributed by atoms with Gasteiger partial charge in [-0.15, -0.1) is 24.8 Å². The van der Waals surface area contributed by atoms with Crippen molar-refractivity contribution < 1.29 is 21.3 Å². The fraction of sp³-hybridized carbons (Fsp3) is 0.226. The summed E-state index contributed by atoms with van der Waals surface area (Å²) in [6.07, 6.45) is 8.32. The number of fused-ring (bicyclic) bond motifs is 3. The molecule has 2 aliphatic rings. The summed E-state index contributed by atoms with van der Waals surface area (Å²) in [7, 11) is 0. The van der Waals surface area contributed by atoms with Crippen LogP contribution in [0.3, 0.4) is 0 Å². The SMILES string of the molecule is CC(C)(C)c1ccc2c(c1)-c1cc(C(C)(C)C)ccc1[CH]2[Zr]([C]1=CC=CC1)=[C](C(c1ccccc1)c1ccccc1)C(c1ccccc1)c1ccccc1.Cl.Cl. The van der Waals surface area contributed by atoms with Crippen LogP contribution in [0.2, 0.25) is 0 Å². The molecule has 0 spiro atoms. The molecule has 0 atom stereocenters. The first kappa shape index (κ1) is 41.8. The first-order valence-corrected chi connectivity index (χ1v) is 23.6. The molecule has 6 aromatic carbocycles. The number of benzene rings is 6. The van der Waals surface area contributed by atoms with Gasteiger partial charge in [-0.2, -0.15) is 0 Å². The second kappa shape index (κ2) is 17.3. The van der Waals surface area contributed by atoms with E-state index in [2.05, 4.69) is 217 Å². The van der Waals surface area contributed by atoms with Gasteiger partial charge in [-0.1, -0.05) is 0 Å².